The van der Waals surface area contributed by atoms with Gasteiger partial charge in [-0.3, -0.25) is 14.4 Å². The molecule has 0 fully saturated rings. The van der Waals surface area contributed by atoms with Crippen LogP contribution in [0.1, 0.15) is 36.2 Å². The normalized spacial score (nSPS) is 10.1. The molecule has 0 aromatic heterocycles. The fourth-order valence-corrected chi connectivity index (χ4v) is 2.14. The van der Waals surface area contributed by atoms with E-state index in [4.69, 9.17) is 9.84 Å². The Balaban J connectivity index is 2.99. The van der Waals surface area contributed by atoms with Crippen LogP contribution < -0.4 is 4.74 Å². The molecule has 1 rings (SSSR count). The van der Waals surface area contributed by atoms with Gasteiger partial charge in [0.1, 0.15) is 12.3 Å². The zero-order chi connectivity index (χ0) is 16.7. The van der Waals surface area contributed by atoms with Gasteiger partial charge in [0.25, 0.3) is 0 Å². The minimum atomic E-state index is -1.05. The van der Waals surface area contributed by atoms with E-state index in [0.717, 1.165) is 0 Å². The first kappa shape index (κ1) is 17.7. The van der Waals surface area contributed by atoms with E-state index >= 15 is 0 Å². The van der Waals surface area contributed by atoms with E-state index in [9.17, 15) is 14.4 Å². The van der Waals surface area contributed by atoms with Crippen molar-refractivity contribution >= 4 is 17.7 Å². The van der Waals surface area contributed by atoms with Gasteiger partial charge in [-0.15, -0.1) is 0 Å². The van der Waals surface area contributed by atoms with E-state index in [0.29, 0.717) is 29.8 Å². The maximum Gasteiger partial charge on any atom is 0.323 e. The molecule has 0 saturated heterocycles. The van der Waals surface area contributed by atoms with Crippen molar-refractivity contribution < 1.29 is 24.2 Å². The highest BCUT2D eigenvalue weighted by Gasteiger charge is 2.18. The first-order valence-corrected chi connectivity index (χ1v) is 7.06. The molecule has 1 aromatic rings. The van der Waals surface area contributed by atoms with Crippen molar-refractivity contribution in [3.05, 3.63) is 29.3 Å². The maximum atomic E-state index is 12.3. The molecule has 22 heavy (non-hydrogen) atoms. The fraction of sp³-hybridized carbons (Fsp3) is 0.438. The van der Waals surface area contributed by atoms with Crippen molar-refractivity contribution in [2.75, 3.05) is 20.2 Å². The monoisotopic (exact) mass is 307 g/mol. The molecule has 6 nitrogen and oxygen atoms in total. The first-order valence-electron chi connectivity index (χ1n) is 7.06. The highest BCUT2D eigenvalue weighted by atomic mass is 16.5. The number of benzene rings is 1. The number of hydrogen-bond acceptors (Lipinski definition) is 4. The molecule has 0 saturated carbocycles. The van der Waals surface area contributed by atoms with Gasteiger partial charge in [0, 0.05) is 17.7 Å². The van der Waals surface area contributed by atoms with Gasteiger partial charge in [-0.2, -0.15) is 0 Å². The summed E-state index contributed by atoms with van der Waals surface area (Å²) in [6.07, 6.45) is 0.668. The number of methoxy groups -OCH3 is 1. The lowest BCUT2D eigenvalue weighted by molar-refractivity contribution is -0.144. The molecule has 0 aliphatic carbocycles. The first-order chi connectivity index (χ1) is 10.4. The number of carbonyl (C=O) groups excluding carboxylic acids is 2. The lowest BCUT2D eigenvalue weighted by Crippen LogP contribution is -2.37. The summed E-state index contributed by atoms with van der Waals surface area (Å²) in [5, 5.41) is 8.88. The molecule has 0 radical (unpaired) electrons. The molecule has 120 valence electrons. The number of carboxylic acid groups (broad SMARTS) is 1. The van der Waals surface area contributed by atoms with E-state index in [1.165, 1.54) is 18.9 Å². The third kappa shape index (κ3) is 4.87. The summed E-state index contributed by atoms with van der Waals surface area (Å²) in [6, 6.07) is 4.89. The molecule has 0 atom stereocenters. The predicted octanol–water partition coefficient (Wildman–Crippen LogP) is 1.76. The van der Waals surface area contributed by atoms with Gasteiger partial charge in [0.2, 0.25) is 5.91 Å². The van der Waals surface area contributed by atoms with E-state index in [1.807, 2.05) is 6.92 Å². The largest absolute Gasteiger partial charge is 0.496 e. The van der Waals surface area contributed by atoms with Crippen LogP contribution in [0, 0.1) is 0 Å². The van der Waals surface area contributed by atoms with Crippen LogP contribution in [0.5, 0.6) is 5.75 Å². The molecule has 0 heterocycles. The van der Waals surface area contributed by atoms with Crippen LogP contribution in [-0.4, -0.2) is 47.9 Å². The van der Waals surface area contributed by atoms with Gasteiger partial charge in [-0.05, 0) is 31.5 Å². The van der Waals surface area contributed by atoms with Crippen molar-refractivity contribution in [1.82, 2.24) is 4.90 Å². The topological polar surface area (TPSA) is 83.9 Å². The summed E-state index contributed by atoms with van der Waals surface area (Å²) in [5.41, 5.74) is 1.07. The molecule has 0 unspecified atom stereocenters. The zero-order valence-electron chi connectivity index (χ0n) is 13.1. The van der Waals surface area contributed by atoms with E-state index in [-0.39, 0.29) is 24.7 Å². The summed E-state index contributed by atoms with van der Waals surface area (Å²) in [7, 11) is 1.48. The second kappa shape index (κ2) is 8.17. The molecular formula is C16H21NO5. The Hall–Kier alpha value is -2.37. The van der Waals surface area contributed by atoms with Crippen molar-refractivity contribution in [3.8, 4) is 5.75 Å². The van der Waals surface area contributed by atoms with E-state index in [1.54, 1.807) is 18.2 Å². The predicted molar refractivity (Wildman–Crippen MR) is 81.2 cm³/mol. The Labute approximate surface area is 129 Å². The Bertz CT molecular complexity index is 568. The quantitative estimate of drug-likeness (QED) is 0.740. The van der Waals surface area contributed by atoms with Gasteiger partial charge in [0.15, 0.2) is 5.78 Å². The Morgan fingerprint density at radius 3 is 2.45 bits per heavy atom. The standard InChI is InChI=1S/C16H21NO5/c1-4-7-17(10-16(20)21)15(19)9-13-8-12(11(2)18)5-6-14(13)22-3/h5-6,8H,4,7,9-10H2,1-3H3,(H,20,21). The van der Waals surface area contributed by atoms with Crippen molar-refractivity contribution in [3.63, 3.8) is 0 Å². The van der Waals surface area contributed by atoms with E-state index < -0.39 is 5.97 Å². The number of rotatable bonds is 8. The summed E-state index contributed by atoms with van der Waals surface area (Å²) in [5.74, 6) is -0.952. The van der Waals surface area contributed by atoms with Gasteiger partial charge in [0.05, 0.1) is 13.5 Å². The number of amides is 1. The molecule has 0 aliphatic heterocycles. The lowest BCUT2D eigenvalue weighted by Gasteiger charge is -2.20. The number of Topliss-reactive ketones (excluding diaryl/α,β-unsaturated/α-hetero) is 1. The number of carboxylic acids is 1. The minimum Gasteiger partial charge on any atom is -0.496 e. The average Bonchev–Trinajstić information content (AvgIpc) is 2.46. The Morgan fingerprint density at radius 1 is 1.27 bits per heavy atom. The van der Waals surface area contributed by atoms with Gasteiger partial charge in [-0.1, -0.05) is 6.92 Å². The van der Waals surface area contributed by atoms with Crippen molar-refractivity contribution in [2.45, 2.75) is 26.7 Å². The summed E-state index contributed by atoms with van der Waals surface area (Å²) in [4.78, 5) is 35.9. The number of ether oxygens (including phenoxy) is 1. The number of carbonyl (C=O) groups is 3. The zero-order valence-corrected chi connectivity index (χ0v) is 13.1. The lowest BCUT2D eigenvalue weighted by atomic mass is 10.0. The molecule has 1 aromatic carbocycles. The summed E-state index contributed by atoms with van der Waals surface area (Å²) < 4.78 is 5.20. The van der Waals surface area contributed by atoms with E-state index in [2.05, 4.69) is 0 Å². The maximum absolute atomic E-state index is 12.3. The van der Waals surface area contributed by atoms with Gasteiger partial charge < -0.3 is 14.7 Å². The number of ketones is 1. The summed E-state index contributed by atoms with van der Waals surface area (Å²) >= 11 is 0. The van der Waals surface area contributed by atoms with Crippen molar-refractivity contribution in [2.24, 2.45) is 0 Å². The third-order valence-electron chi connectivity index (χ3n) is 3.20. The number of nitrogens with zero attached hydrogens (tertiary/aromatic N) is 1. The molecule has 1 N–H and O–H groups in total. The molecule has 0 spiro atoms. The Morgan fingerprint density at radius 2 is 1.95 bits per heavy atom. The fourth-order valence-electron chi connectivity index (χ4n) is 2.14. The van der Waals surface area contributed by atoms with Crippen LogP contribution in [0.2, 0.25) is 0 Å². The van der Waals surface area contributed by atoms with Gasteiger partial charge in [-0.25, -0.2) is 0 Å². The molecule has 6 heteroatoms. The molecule has 0 bridgehead atoms. The third-order valence-corrected chi connectivity index (χ3v) is 3.20. The average molecular weight is 307 g/mol. The number of hydrogen-bond donors (Lipinski definition) is 1. The summed E-state index contributed by atoms with van der Waals surface area (Å²) in [6.45, 7) is 3.36. The minimum absolute atomic E-state index is 0.00241. The van der Waals surface area contributed by atoms with Gasteiger partial charge >= 0.3 is 5.97 Å². The highest BCUT2D eigenvalue weighted by molar-refractivity contribution is 5.95. The Kier molecular flexibility index (Phi) is 6.56. The molecular weight excluding hydrogens is 286 g/mol. The molecule has 1 amide bonds. The van der Waals surface area contributed by atoms with Crippen LogP contribution in [-0.2, 0) is 16.0 Å². The van der Waals surface area contributed by atoms with Crippen LogP contribution >= 0.6 is 0 Å². The highest BCUT2D eigenvalue weighted by Crippen LogP contribution is 2.21. The second-order valence-electron chi connectivity index (χ2n) is 4.97. The van der Waals surface area contributed by atoms with Crippen LogP contribution in [0.3, 0.4) is 0 Å². The number of aliphatic carboxylic acids is 1. The van der Waals surface area contributed by atoms with Crippen LogP contribution in [0.25, 0.3) is 0 Å². The van der Waals surface area contributed by atoms with Crippen LogP contribution in [0.15, 0.2) is 18.2 Å². The van der Waals surface area contributed by atoms with Crippen molar-refractivity contribution in [1.29, 1.82) is 0 Å². The smallest absolute Gasteiger partial charge is 0.323 e. The second-order valence-corrected chi connectivity index (χ2v) is 4.97. The molecule has 0 aliphatic rings. The SMILES string of the molecule is CCCN(CC(=O)O)C(=O)Cc1cc(C(C)=O)ccc1OC. The van der Waals surface area contributed by atoms with Crippen LogP contribution in [0.4, 0.5) is 0 Å².